The highest BCUT2D eigenvalue weighted by Crippen LogP contribution is 2.34. The van der Waals surface area contributed by atoms with Crippen LogP contribution in [0.25, 0.3) is 11.3 Å². The van der Waals surface area contributed by atoms with E-state index < -0.39 is 0 Å². The summed E-state index contributed by atoms with van der Waals surface area (Å²) in [4.78, 5) is 16.3. The summed E-state index contributed by atoms with van der Waals surface area (Å²) >= 11 is 0. The van der Waals surface area contributed by atoms with Gasteiger partial charge in [0, 0.05) is 11.8 Å². The van der Waals surface area contributed by atoms with Gasteiger partial charge in [0.1, 0.15) is 0 Å². The van der Waals surface area contributed by atoms with Crippen LogP contribution in [0.2, 0.25) is 0 Å². The van der Waals surface area contributed by atoms with E-state index in [4.69, 9.17) is 0 Å². The third kappa shape index (κ3) is 1.68. The fourth-order valence-corrected chi connectivity index (χ4v) is 2.31. The lowest BCUT2D eigenvalue weighted by Crippen LogP contribution is -2.12. The highest BCUT2D eigenvalue weighted by molar-refractivity contribution is 6.00. The van der Waals surface area contributed by atoms with E-state index >= 15 is 0 Å². The Morgan fingerprint density at radius 1 is 1.22 bits per heavy atom. The molecule has 18 heavy (non-hydrogen) atoms. The Bertz CT molecular complexity index is 647. The van der Waals surface area contributed by atoms with E-state index in [1.165, 1.54) is 11.1 Å². The highest BCUT2D eigenvalue weighted by atomic mass is 16.1. The molecule has 3 nitrogen and oxygen atoms in total. The first-order valence-electron chi connectivity index (χ1n) is 6.00. The molecular formula is C15H14N2O. The maximum atomic E-state index is 11.9. The summed E-state index contributed by atoms with van der Waals surface area (Å²) in [5.41, 5.74) is 6.15. The molecule has 1 aliphatic rings. The average Bonchev–Trinajstić information content (AvgIpc) is 2.46. The van der Waals surface area contributed by atoms with Gasteiger partial charge in [-0.1, -0.05) is 6.07 Å². The Hall–Kier alpha value is -2.16. The number of anilines is 1. The molecule has 0 unspecified atom stereocenters. The quantitative estimate of drug-likeness (QED) is 0.766. The van der Waals surface area contributed by atoms with Gasteiger partial charge in [-0.3, -0.25) is 9.78 Å². The second kappa shape index (κ2) is 3.95. The molecule has 2 aromatic rings. The van der Waals surface area contributed by atoms with Crippen molar-refractivity contribution >= 4 is 11.6 Å². The molecule has 0 radical (unpaired) electrons. The van der Waals surface area contributed by atoms with Crippen LogP contribution in [0, 0.1) is 13.8 Å². The number of nitrogens with zero attached hydrogens (tertiary/aromatic N) is 1. The molecule has 1 aliphatic heterocycles. The number of amides is 1. The zero-order valence-electron chi connectivity index (χ0n) is 10.4. The Kier molecular flexibility index (Phi) is 2.40. The van der Waals surface area contributed by atoms with Crippen LogP contribution in [0.1, 0.15) is 16.7 Å². The molecular weight excluding hydrogens is 224 g/mol. The van der Waals surface area contributed by atoms with Gasteiger partial charge in [0.15, 0.2) is 0 Å². The molecule has 0 saturated carbocycles. The Morgan fingerprint density at radius 3 is 2.83 bits per heavy atom. The Morgan fingerprint density at radius 2 is 2.00 bits per heavy atom. The van der Waals surface area contributed by atoms with E-state index in [9.17, 15) is 4.79 Å². The summed E-state index contributed by atoms with van der Waals surface area (Å²) in [6.07, 6.45) is 2.16. The summed E-state index contributed by atoms with van der Waals surface area (Å²) in [6.45, 7) is 4.12. The number of carbonyl (C=O) groups excluding carboxylic acids is 1. The van der Waals surface area contributed by atoms with Gasteiger partial charge in [0.2, 0.25) is 5.91 Å². The molecule has 1 aromatic heterocycles. The first kappa shape index (κ1) is 11.0. The summed E-state index contributed by atoms with van der Waals surface area (Å²) in [7, 11) is 0. The van der Waals surface area contributed by atoms with Crippen molar-refractivity contribution in [1.82, 2.24) is 4.98 Å². The van der Waals surface area contributed by atoms with Crippen LogP contribution < -0.4 is 5.32 Å². The number of rotatable bonds is 0. The lowest BCUT2D eigenvalue weighted by Gasteiger charge is -2.11. The molecule has 0 spiro atoms. The van der Waals surface area contributed by atoms with Crippen LogP contribution in [0.5, 0.6) is 0 Å². The van der Waals surface area contributed by atoms with Crippen LogP contribution in [0.3, 0.4) is 0 Å². The predicted molar refractivity (Wildman–Crippen MR) is 71.5 cm³/mol. The standard InChI is InChI=1S/C15H14N2O/c1-9-6-12-13(7-10(9)2)17-14(18)8-11-4-3-5-16-15(11)12/h3-7H,8H2,1-2H3,(H,17,18). The lowest BCUT2D eigenvalue weighted by molar-refractivity contribution is -0.115. The second-order valence-electron chi connectivity index (χ2n) is 4.72. The minimum absolute atomic E-state index is 0.0197. The highest BCUT2D eigenvalue weighted by Gasteiger charge is 2.19. The molecule has 0 aliphatic carbocycles. The van der Waals surface area contributed by atoms with Gasteiger partial charge in [-0.2, -0.15) is 0 Å². The number of hydrogen-bond donors (Lipinski definition) is 1. The van der Waals surface area contributed by atoms with E-state index in [0.717, 1.165) is 22.5 Å². The molecule has 1 amide bonds. The summed E-state index contributed by atoms with van der Waals surface area (Å²) < 4.78 is 0. The van der Waals surface area contributed by atoms with Gasteiger partial charge in [-0.05, 0) is 48.7 Å². The van der Waals surface area contributed by atoms with Gasteiger partial charge in [0.05, 0.1) is 17.8 Å². The van der Waals surface area contributed by atoms with Crippen molar-refractivity contribution in [2.75, 3.05) is 5.32 Å². The fourth-order valence-electron chi connectivity index (χ4n) is 2.31. The summed E-state index contributed by atoms with van der Waals surface area (Å²) in [6, 6.07) is 7.96. The number of aryl methyl sites for hydroxylation is 2. The van der Waals surface area contributed by atoms with E-state index in [2.05, 4.69) is 23.3 Å². The van der Waals surface area contributed by atoms with Crippen LogP contribution in [0.4, 0.5) is 5.69 Å². The topological polar surface area (TPSA) is 42.0 Å². The number of hydrogen-bond acceptors (Lipinski definition) is 2. The largest absolute Gasteiger partial charge is 0.325 e. The number of pyridine rings is 1. The summed E-state index contributed by atoms with van der Waals surface area (Å²) in [5, 5.41) is 2.96. The van der Waals surface area contributed by atoms with Crippen LogP contribution >= 0.6 is 0 Å². The third-order valence-corrected chi connectivity index (χ3v) is 3.41. The Balaban J connectivity index is 2.32. The molecule has 3 heteroatoms. The van der Waals surface area contributed by atoms with Crippen molar-refractivity contribution < 1.29 is 4.79 Å². The maximum absolute atomic E-state index is 11.9. The van der Waals surface area contributed by atoms with E-state index in [-0.39, 0.29) is 5.91 Å². The minimum atomic E-state index is 0.0197. The van der Waals surface area contributed by atoms with Crippen molar-refractivity contribution in [3.63, 3.8) is 0 Å². The first-order valence-corrected chi connectivity index (χ1v) is 6.00. The zero-order valence-corrected chi connectivity index (χ0v) is 10.4. The summed E-state index contributed by atoms with van der Waals surface area (Å²) in [5.74, 6) is 0.0197. The molecule has 1 N–H and O–H groups in total. The van der Waals surface area contributed by atoms with Gasteiger partial charge in [0.25, 0.3) is 0 Å². The van der Waals surface area contributed by atoms with Gasteiger partial charge < -0.3 is 5.32 Å². The number of fused-ring (bicyclic) bond motifs is 3. The van der Waals surface area contributed by atoms with Gasteiger partial charge in [-0.25, -0.2) is 0 Å². The smallest absolute Gasteiger partial charge is 0.228 e. The molecule has 0 fully saturated rings. The van der Waals surface area contributed by atoms with Crippen LogP contribution in [0.15, 0.2) is 30.5 Å². The van der Waals surface area contributed by atoms with Crippen LogP contribution in [-0.4, -0.2) is 10.9 Å². The molecule has 0 saturated heterocycles. The minimum Gasteiger partial charge on any atom is -0.325 e. The molecule has 3 rings (SSSR count). The average molecular weight is 238 g/mol. The molecule has 90 valence electrons. The van der Waals surface area contributed by atoms with Crippen molar-refractivity contribution in [3.05, 3.63) is 47.2 Å². The number of aromatic nitrogens is 1. The van der Waals surface area contributed by atoms with Crippen molar-refractivity contribution in [2.24, 2.45) is 0 Å². The maximum Gasteiger partial charge on any atom is 0.228 e. The second-order valence-corrected chi connectivity index (χ2v) is 4.72. The monoisotopic (exact) mass is 238 g/mol. The van der Waals surface area contributed by atoms with Crippen molar-refractivity contribution in [2.45, 2.75) is 20.3 Å². The lowest BCUT2D eigenvalue weighted by atomic mass is 9.99. The van der Waals surface area contributed by atoms with E-state index in [0.29, 0.717) is 6.42 Å². The van der Waals surface area contributed by atoms with Crippen molar-refractivity contribution in [1.29, 1.82) is 0 Å². The van der Waals surface area contributed by atoms with Gasteiger partial charge >= 0.3 is 0 Å². The third-order valence-electron chi connectivity index (χ3n) is 3.41. The zero-order chi connectivity index (χ0) is 12.7. The SMILES string of the molecule is Cc1cc2c(cc1C)-c1ncccc1CC(=O)N2. The van der Waals surface area contributed by atoms with E-state index in [1.807, 2.05) is 25.1 Å². The molecule has 0 bridgehead atoms. The fraction of sp³-hybridized carbons (Fsp3) is 0.200. The number of nitrogens with one attached hydrogen (secondary N) is 1. The molecule has 0 atom stereocenters. The normalized spacial score (nSPS) is 13.3. The first-order chi connectivity index (χ1) is 8.65. The van der Waals surface area contributed by atoms with E-state index in [1.54, 1.807) is 6.20 Å². The van der Waals surface area contributed by atoms with Crippen LogP contribution in [-0.2, 0) is 11.2 Å². The predicted octanol–water partition coefficient (Wildman–Crippen LogP) is 2.86. The van der Waals surface area contributed by atoms with Gasteiger partial charge in [-0.15, -0.1) is 0 Å². The molecule has 1 aromatic carbocycles. The number of carbonyl (C=O) groups is 1. The number of benzene rings is 1. The molecule has 2 heterocycles. The Labute approximate surface area is 106 Å². The van der Waals surface area contributed by atoms with Crippen molar-refractivity contribution in [3.8, 4) is 11.3 Å².